The highest BCUT2D eigenvalue weighted by atomic mass is 16.5. The van der Waals surface area contributed by atoms with Crippen LogP contribution in [-0.2, 0) is 5.60 Å². The van der Waals surface area contributed by atoms with E-state index < -0.39 is 5.60 Å². The molecule has 1 aromatic rings. The maximum Gasteiger partial charge on any atom is 0.119 e. The summed E-state index contributed by atoms with van der Waals surface area (Å²) in [5.41, 5.74) is 0.420. The summed E-state index contributed by atoms with van der Waals surface area (Å²) < 4.78 is 5.79. The van der Waals surface area contributed by atoms with Crippen LogP contribution in [0.25, 0.3) is 0 Å². The van der Waals surface area contributed by atoms with Crippen molar-refractivity contribution in [2.45, 2.75) is 64.1 Å². The fraction of sp³-hybridized carbons (Fsp3) is 0.667. The van der Waals surface area contributed by atoms with E-state index in [1.165, 1.54) is 19.3 Å². The first kappa shape index (κ1) is 13.9. The van der Waals surface area contributed by atoms with Gasteiger partial charge in [-0.3, -0.25) is 0 Å². The second kappa shape index (κ2) is 5.40. The SMILES string of the molecule is CC(C)C1CCCCC1(O)c1ccc(OC2CC2)cc1. The molecule has 2 unspecified atom stereocenters. The van der Waals surface area contributed by atoms with Crippen LogP contribution in [0.15, 0.2) is 24.3 Å². The molecule has 0 amide bonds. The lowest BCUT2D eigenvalue weighted by molar-refractivity contribution is -0.0721. The Morgan fingerprint density at radius 1 is 1.10 bits per heavy atom. The third-order valence-corrected chi connectivity index (χ3v) is 4.92. The summed E-state index contributed by atoms with van der Waals surface area (Å²) in [7, 11) is 0. The Bertz CT molecular complexity index is 447. The van der Waals surface area contributed by atoms with Gasteiger partial charge in [0.15, 0.2) is 0 Å². The van der Waals surface area contributed by atoms with Crippen LogP contribution in [0.2, 0.25) is 0 Å². The largest absolute Gasteiger partial charge is 0.490 e. The third-order valence-electron chi connectivity index (χ3n) is 4.92. The molecule has 0 aliphatic heterocycles. The quantitative estimate of drug-likeness (QED) is 0.889. The van der Waals surface area contributed by atoms with Gasteiger partial charge in [0.25, 0.3) is 0 Å². The monoisotopic (exact) mass is 274 g/mol. The molecule has 2 aliphatic carbocycles. The average Bonchev–Trinajstić information content (AvgIpc) is 3.23. The molecule has 1 aromatic carbocycles. The van der Waals surface area contributed by atoms with Crippen molar-refractivity contribution < 1.29 is 9.84 Å². The molecule has 0 heterocycles. The van der Waals surface area contributed by atoms with Crippen molar-refractivity contribution in [2.75, 3.05) is 0 Å². The second-order valence-corrected chi connectivity index (χ2v) is 6.86. The summed E-state index contributed by atoms with van der Waals surface area (Å²) in [5, 5.41) is 11.2. The molecule has 0 saturated heterocycles. The lowest BCUT2D eigenvalue weighted by Crippen LogP contribution is -2.40. The first-order chi connectivity index (χ1) is 9.59. The first-order valence-electron chi connectivity index (χ1n) is 8.09. The summed E-state index contributed by atoms with van der Waals surface area (Å²) in [6.45, 7) is 4.46. The van der Waals surface area contributed by atoms with E-state index in [2.05, 4.69) is 26.0 Å². The molecule has 2 nitrogen and oxygen atoms in total. The molecule has 2 fully saturated rings. The molecule has 1 N–H and O–H groups in total. The number of benzene rings is 1. The number of hydrogen-bond donors (Lipinski definition) is 1. The van der Waals surface area contributed by atoms with E-state index in [1.807, 2.05) is 12.1 Å². The zero-order valence-corrected chi connectivity index (χ0v) is 12.6. The molecule has 110 valence electrons. The van der Waals surface area contributed by atoms with Gasteiger partial charge in [-0.05, 0) is 55.2 Å². The molecule has 0 radical (unpaired) electrons. The molecule has 2 aliphatic rings. The van der Waals surface area contributed by atoms with Crippen molar-refractivity contribution in [3.05, 3.63) is 29.8 Å². The molecular formula is C18H26O2. The minimum absolute atomic E-state index is 0.367. The highest BCUT2D eigenvalue weighted by molar-refractivity contribution is 5.32. The standard InChI is InChI=1S/C18H26O2/c1-13(2)17-5-3-4-12-18(17,19)14-6-8-15(9-7-14)20-16-10-11-16/h6-9,13,16-17,19H,3-5,10-12H2,1-2H3. The lowest BCUT2D eigenvalue weighted by atomic mass is 9.67. The average molecular weight is 274 g/mol. The fourth-order valence-corrected chi connectivity index (χ4v) is 3.63. The highest BCUT2D eigenvalue weighted by Crippen LogP contribution is 2.45. The van der Waals surface area contributed by atoms with Crippen LogP contribution >= 0.6 is 0 Å². The van der Waals surface area contributed by atoms with E-state index in [4.69, 9.17) is 4.74 Å². The van der Waals surface area contributed by atoms with E-state index in [-0.39, 0.29) is 0 Å². The summed E-state index contributed by atoms with van der Waals surface area (Å²) in [6.07, 6.45) is 7.19. The maximum atomic E-state index is 11.2. The van der Waals surface area contributed by atoms with E-state index in [9.17, 15) is 5.11 Å². The molecule has 20 heavy (non-hydrogen) atoms. The predicted molar refractivity (Wildman–Crippen MR) is 80.8 cm³/mol. The van der Waals surface area contributed by atoms with Crippen molar-refractivity contribution in [1.29, 1.82) is 0 Å². The molecule has 3 rings (SSSR count). The van der Waals surface area contributed by atoms with Gasteiger partial charge in [0.2, 0.25) is 0 Å². The molecule has 2 heteroatoms. The molecular weight excluding hydrogens is 248 g/mol. The van der Waals surface area contributed by atoms with Crippen LogP contribution in [0.5, 0.6) is 5.75 Å². The first-order valence-corrected chi connectivity index (χ1v) is 8.09. The van der Waals surface area contributed by atoms with Crippen LogP contribution in [0.4, 0.5) is 0 Å². The zero-order chi connectivity index (χ0) is 14.2. The van der Waals surface area contributed by atoms with E-state index in [0.717, 1.165) is 30.6 Å². The third kappa shape index (κ3) is 2.71. The topological polar surface area (TPSA) is 29.5 Å². The molecule has 0 spiro atoms. The fourth-order valence-electron chi connectivity index (χ4n) is 3.63. The van der Waals surface area contributed by atoms with Crippen LogP contribution in [-0.4, -0.2) is 11.2 Å². The smallest absolute Gasteiger partial charge is 0.119 e. The molecule has 0 bridgehead atoms. The summed E-state index contributed by atoms with van der Waals surface area (Å²) >= 11 is 0. The van der Waals surface area contributed by atoms with Gasteiger partial charge in [0, 0.05) is 0 Å². The maximum absolute atomic E-state index is 11.2. The van der Waals surface area contributed by atoms with Gasteiger partial charge in [-0.1, -0.05) is 38.8 Å². The highest BCUT2D eigenvalue weighted by Gasteiger charge is 2.41. The van der Waals surface area contributed by atoms with E-state index in [1.54, 1.807) is 0 Å². The van der Waals surface area contributed by atoms with Gasteiger partial charge in [-0.25, -0.2) is 0 Å². The van der Waals surface area contributed by atoms with Crippen LogP contribution in [0.1, 0.15) is 57.9 Å². The van der Waals surface area contributed by atoms with Gasteiger partial charge >= 0.3 is 0 Å². The number of aliphatic hydroxyl groups is 1. The number of ether oxygens (including phenoxy) is 1. The van der Waals surface area contributed by atoms with Crippen LogP contribution in [0, 0.1) is 11.8 Å². The van der Waals surface area contributed by atoms with Crippen molar-refractivity contribution in [3.8, 4) is 5.75 Å². The Kier molecular flexibility index (Phi) is 3.76. The predicted octanol–water partition coefficient (Wildman–Crippen LogP) is 4.26. The van der Waals surface area contributed by atoms with Gasteiger partial charge in [-0.15, -0.1) is 0 Å². The summed E-state index contributed by atoms with van der Waals surface area (Å²) in [5.74, 6) is 1.82. The van der Waals surface area contributed by atoms with Gasteiger partial charge in [0.1, 0.15) is 5.75 Å². The lowest BCUT2D eigenvalue weighted by Gasteiger charge is -2.42. The van der Waals surface area contributed by atoms with Crippen LogP contribution < -0.4 is 4.74 Å². The molecule has 0 aromatic heterocycles. The van der Waals surface area contributed by atoms with Crippen molar-refractivity contribution in [2.24, 2.45) is 11.8 Å². The second-order valence-electron chi connectivity index (χ2n) is 6.86. The van der Waals surface area contributed by atoms with Crippen molar-refractivity contribution in [3.63, 3.8) is 0 Å². The van der Waals surface area contributed by atoms with E-state index >= 15 is 0 Å². The van der Waals surface area contributed by atoms with Crippen molar-refractivity contribution >= 4 is 0 Å². The summed E-state index contributed by atoms with van der Waals surface area (Å²) in [6, 6.07) is 8.19. The van der Waals surface area contributed by atoms with Crippen LogP contribution in [0.3, 0.4) is 0 Å². The van der Waals surface area contributed by atoms with Gasteiger partial charge in [0.05, 0.1) is 11.7 Å². The Morgan fingerprint density at radius 3 is 2.40 bits per heavy atom. The Hall–Kier alpha value is -1.02. The molecule has 2 saturated carbocycles. The van der Waals surface area contributed by atoms with E-state index in [0.29, 0.717) is 17.9 Å². The van der Waals surface area contributed by atoms with Crippen molar-refractivity contribution in [1.82, 2.24) is 0 Å². The van der Waals surface area contributed by atoms with Gasteiger partial charge in [-0.2, -0.15) is 0 Å². The minimum atomic E-state index is -0.648. The minimum Gasteiger partial charge on any atom is -0.490 e. The Balaban J connectivity index is 1.80. The normalized spacial score (nSPS) is 30.5. The Labute approximate surface area is 122 Å². The van der Waals surface area contributed by atoms with Gasteiger partial charge < -0.3 is 9.84 Å². The molecule has 2 atom stereocenters. The number of rotatable bonds is 4. The zero-order valence-electron chi connectivity index (χ0n) is 12.6. The number of hydrogen-bond acceptors (Lipinski definition) is 2. The Morgan fingerprint density at radius 2 is 1.80 bits per heavy atom. The summed E-state index contributed by atoms with van der Waals surface area (Å²) in [4.78, 5) is 0.